The minimum atomic E-state index is -1.39. The number of ether oxygens (including phenoxy) is 2. The molecule has 2 heterocycles. The Hall–Kier alpha value is -4.64. The van der Waals surface area contributed by atoms with E-state index in [1.165, 1.54) is 48.4 Å². The monoisotopic (exact) mass is 547 g/mol. The van der Waals surface area contributed by atoms with Crippen LogP contribution in [0, 0.1) is 17.0 Å². The number of hydrogen-bond donors (Lipinski definition) is 1. The maximum Gasteiger partial charge on any atom is 0.243 e. The van der Waals surface area contributed by atoms with E-state index in [-0.39, 0.29) is 30.9 Å². The number of amides is 2. The Kier molecular flexibility index (Phi) is 7.31. The first-order valence-corrected chi connectivity index (χ1v) is 12.5. The summed E-state index contributed by atoms with van der Waals surface area (Å²) in [6.45, 7) is 0.000218. The van der Waals surface area contributed by atoms with Gasteiger partial charge in [0.05, 0.1) is 24.5 Å². The largest absolute Gasteiger partial charge is 0.454 e. The Bertz CT molecular complexity index is 1550. The molecule has 2 aromatic carbocycles. The van der Waals surface area contributed by atoms with E-state index in [2.05, 4.69) is 10.1 Å². The lowest BCUT2D eigenvalue weighted by Crippen LogP contribution is -2.46. The van der Waals surface area contributed by atoms with Crippen molar-refractivity contribution in [3.05, 3.63) is 90.4 Å². The molecule has 0 bridgehead atoms. The quantitative estimate of drug-likeness (QED) is 0.292. The van der Waals surface area contributed by atoms with Crippen LogP contribution in [-0.2, 0) is 21.4 Å². The number of methoxy groups -OCH3 is 1. The molecule has 1 fully saturated rings. The number of nitrogens with two attached hydrogens (primary N) is 1. The van der Waals surface area contributed by atoms with Crippen LogP contribution >= 0.6 is 0 Å². The van der Waals surface area contributed by atoms with Crippen molar-refractivity contribution in [2.75, 3.05) is 18.6 Å². The predicted molar refractivity (Wildman–Crippen MR) is 142 cm³/mol. The van der Waals surface area contributed by atoms with Crippen molar-refractivity contribution in [3.8, 4) is 22.8 Å². The van der Waals surface area contributed by atoms with Crippen LogP contribution in [0.5, 0.6) is 11.5 Å². The van der Waals surface area contributed by atoms with Crippen LogP contribution in [0.2, 0.25) is 0 Å². The third-order valence-corrected chi connectivity index (χ3v) is 6.89. The van der Waals surface area contributed by atoms with E-state index >= 15 is 4.39 Å². The number of rotatable bonds is 10. The number of halogens is 2. The summed E-state index contributed by atoms with van der Waals surface area (Å²) in [5.74, 6) is -2.25. The van der Waals surface area contributed by atoms with Crippen LogP contribution in [-0.4, -0.2) is 40.3 Å². The van der Waals surface area contributed by atoms with E-state index in [1.807, 2.05) is 0 Å². The van der Waals surface area contributed by atoms with E-state index < -0.39 is 34.9 Å². The highest BCUT2D eigenvalue weighted by Crippen LogP contribution is 2.49. The molecule has 206 valence electrons. The van der Waals surface area contributed by atoms with Crippen LogP contribution in [0.4, 0.5) is 14.5 Å². The number of carbonyl (C=O) groups excluding carboxylic acids is 2. The van der Waals surface area contributed by atoms with Gasteiger partial charge in [-0.3, -0.25) is 19.3 Å². The number of nitrogens with zero attached hydrogens (tertiary/aromatic N) is 4. The molecule has 1 saturated carbocycles. The fourth-order valence-corrected chi connectivity index (χ4v) is 4.56. The molecule has 2 amide bonds. The summed E-state index contributed by atoms with van der Waals surface area (Å²) < 4.78 is 42.0. The van der Waals surface area contributed by atoms with Crippen molar-refractivity contribution in [2.24, 2.45) is 18.2 Å². The zero-order valence-electron chi connectivity index (χ0n) is 21.9. The molecule has 2 aromatic heterocycles. The lowest BCUT2D eigenvalue weighted by molar-refractivity contribution is -0.134. The van der Waals surface area contributed by atoms with Crippen LogP contribution in [0.25, 0.3) is 11.3 Å². The van der Waals surface area contributed by atoms with E-state index in [9.17, 15) is 14.0 Å². The van der Waals surface area contributed by atoms with E-state index in [0.29, 0.717) is 17.0 Å². The summed E-state index contributed by atoms with van der Waals surface area (Å²) in [5.41, 5.74) is 6.29. The van der Waals surface area contributed by atoms with Gasteiger partial charge in [-0.1, -0.05) is 12.1 Å². The van der Waals surface area contributed by atoms with Gasteiger partial charge in [-0.05, 0) is 48.7 Å². The fourth-order valence-electron chi connectivity index (χ4n) is 4.56. The smallest absolute Gasteiger partial charge is 0.243 e. The first-order valence-electron chi connectivity index (χ1n) is 12.5. The van der Waals surface area contributed by atoms with Gasteiger partial charge in [0.1, 0.15) is 17.0 Å². The Labute approximate surface area is 229 Å². The number of hydrogen-bond acceptors (Lipinski definition) is 6. The number of aryl methyl sites for hydroxylation is 1. The van der Waals surface area contributed by atoms with Gasteiger partial charge in [-0.15, -0.1) is 0 Å². The summed E-state index contributed by atoms with van der Waals surface area (Å²) in [5, 5.41) is 4.13. The number of primary amides is 1. The Morgan fingerprint density at radius 1 is 1.12 bits per heavy atom. The van der Waals surface area contributed by atoms with Gasteiger partial charge in [-0.2, -0.15) is 5.10 Å². The standard InChI is InChI=1S/C29H27F2N5O4/c1-35-16-19(15-34-35)24-14-22(9-12-33-24)40-26-8-7-21(13-23(26)31)36(28(38)29(10-11-29)27(32)37)25(17-39-2)18-3-5-20(30)6-4-18/h3-9,12-16,25H,10-11,17H2,1-2H3,(H2,32,37). The SMILES string of the molecule is COCC(c1ccc(F)cc1)N(C(=O)C1(C(N)=O)CC1)c1ccc(Oc2ccnc(-c3cnn(C)c3)c2)c(F)c1. The highest BCUT2D eigenvalue weighted by molar-refractivity contribution is 6.14. The fraction of sp³-hybridized carbons (Fsp3) is 0.241. The van der Waals surface area contributed by atoms with Gasteiger partial charge >= 0.3 is 0 Å². The lowest BCUT2D eigenvalue weighted by Gasteiger charge is -2.34. The van der Waals surface area contributed by atoms with Crippen LogP contribution in [0.15, 0.2) is 73.2 Å². The Morgan fingerprint density at radius 3 is 2.48 bits per heavy atom. The molecular formula is C29H27F2N5O4. The third-order valence-electron chi connectivity index (χ3n) is 6.89. The van der Waals surface area contributed by atoms with Gasteiger partial charge in [0, 0.05) is 49.9 Å². The summed E-state index contributed by atoms with van der Waals surface area (Å²) >= 11 is 0. The molecular weight excluding hydrogens is 520 g/mol. The van der Waals surface area contributed by atoms with Crippen molar-refractivity contribution < 1.29 is 27.8 Å². The molecule has 1 aliphatic carbocycles. The second-order valence-corrected chi connectivity index (χ2v) is 9.64. The number of benzene rings is 2. The Morgan fingerprint density at radius 2 is 1.88 bits per heavy atom. The van der Waals surface area contributed by atoms with Crippen LogP contribution in [0.3, 0.4) is 0 Å². The normalized spacial score (nSPS) is 14.4. The van der Waals surface area contributed by atoms with Crippen LogP contribution < -0.4 is 15.4 Å². The van der Waals surface area contributed by atoms with Crippen molar-refractivity contribution in [1.82, 2.24) is 14.8 Å². The summed E-state index contributed by atoms with van der Waals surface area (Å²) in [7, 11) is 3.24. The molecule has 1 atom stereocenters. The summed E-state index contributed by atoms with van der Waals surface area (Å²) in [6, 6.07) is 12.1. The molecule has 9 nitrogen and oxygen atoms in total. The molecule has 4 aromatic rings. The minimum absolute atomic E-state index is 0.000218. The first kappa shape index (κ1) is 26.9. The minimum Gasteiger partial charge on any atom is -0.454 e. The second-order valence-electron chi connectivity index (χ2n) is 9.64. The van der Waals surface area contributed by atoms with Crippen molar-refractivity contribution in [3.63, 3.8) is 0 Å². The van der Waals surface area contributed by atoms with Gasteiger partial charge in [0.2, 0.25) is 11.8 Å². The zero-order chi connectivity index (χ0) is 28.4. The number of aromatic nitrogens is 3. The highest BCUT2D eigenvalue weighted by Gasteiger charge is 2.58. The molecule has 0 radical (unpaired) electrons. The van der Waals surface area contributed by atoms with Crippen LogP contribution in [0.1, 0.15) is 24.4 Å². The third kappa shape index (κ3) is 5.28. The molecule has 1 unspecified atom stereocenters. The van der Waals surface area contributed by atoms with Crippen molar-refractivity contribution >= 4 is 17.5 Å². The maximum absolute atomic E-state index is 15.5. The average Bonchev–Trinajstić information content (AvgIpc) is 3.65. The number of anilines is 1. The molecule has 0 spiro atoms. The molecule has 11 heteroatoms. The van der Waals surface area contributed by atoms with Gasteiger partial charge in [0.15, 0.2) is 11.6 Å². The molecule has 5 rings (SSSR count). The Balaban J connectivity index is 1.50. The number of carbonyl (C=O) groups is 2. The van der Waals surface area contributed by atoms with Gasteiger partial charge in [-0.25, -0.2) is 8.78 Å². The molecule has 2 N–H and O–H groups in total. The summed E-state index contributed by atoms with van der Waals surface area (Å²) in [6.07, 6.45) is 5.56. The predicted octanol–water partition coefficient (Wildman–Crippen LogP) is 4.54. The van der Waals surface area contributed by atoms with E-state index in [4.69, 9.17) is 15.2 Å². The highest BCUT2D eigenvalue weighted by atomic mass is 19.1. The van der Waals surface area contributed by atoms with Crippen molar-refractivity contribution in [2.45, 2.75) is 18.9 Å². The lowest BCUT2D eigenvalue weighted by atomic mass is 9.99. The topological polar surface area (TPSA) is 113 Å². The molecule has 0 saturated heterocycles. The van der Waals surface area contributed by atoms with E-state index in [1.54, 1.807) is 42.5 Å². The zero-order valence-corrected chi connectivity index (χ0v) is 21.9. The van der Waals surface area contributed by atoms with Gasteiger partial charge < -0.3 is 20.1 Å². The second kappa shape index (κ2) is 10.9. The summed E-state index contributed by atoms with van der Waals surface area (Å²) in [4.78, 5) is 31.7. The number of pyridine rings is 1. The maximum atomic E-state index is 15.5. The average molecular weight is 548 g/mol. The first-order chi connectivity index (χ1) is 19.2. The van der Waals surface area contributed by atoms with Crippen molar-refractivity contribution in [1.29, 1.82) is 0 Å². The molecule has 0 aliphatic heterocycles. The molecule has 40 heavy (non-hydrogen) atoms. The van der Waals surface area contributed by atoms with E-state index in [0.717, 1.165) is 11.6 Å². The molecule has 1 aliphatic rings. The van der Waals surface area contributed by atoms with Gasteiger partial charge in [0.25, 0.3) is 0 Å².